The van der Waals surface area contributed by atoms with Gasteiger partial charge in [-0.05, 0) is 5.92 Å². The van der Waals surface area contributed by atoms with Crippen LogP contribution in [0.15, 0.2) is 4.99 Å². The van der Waals surface area contributed by atoms with E-state index in [1.807, 2.05) is 23.5 Å². The molecule has 1 aliphatic rings. The van der Waals surface area contributed by atoms with E-state index in [2.05, 4.69) is 29.6 Å². The van der Waals surface area contributed by atoms with Gasteiger partial charge in [0.25, 0.3) is 0 Å². The Morgan fingerprint density at radius 2 is 2.31 bits per heavy atom. The molecule has 16 heavy (non-hydrogen) atoms. The molecule has 0 aromatic carbocycles. The predicted octanol–water partition coefficient (Wildman–Crippen LogP) is 0.900. The van der Waals surface area contributed by atoms with Crippen molar-refractivity contribution in [2.24, 2.45) is 16.8 Å². The maximum absolute atomic E-state index is 5.42. The molecule has 0 aliphatic carbocycles. The minimum Gasteiger partial charge on any atom is -0.354 e. The van der Waals surface area contributed by atoms with Crippen LogP contribution in [0.4, 0.5) is 0 Å². The number of nitrogens with one attached hydrogen (secondary N) is 2. The van der Waals surface area contributed by atoms with Crippen LogP contribution in [0, 0.1) is 5.92 Å². The molecule has 4 N–H and O–H groups in total. The highest BCUT2D eigenvalue weighted by atomic mass is 32.2. The fourth-order valence-corrected chi connectivity index (χ4v) is 3.90. The molecule has 1 unspecified atom stereocenters. The first-order valence-corrected chi connectivity index (χ1v) is 7.87. The van der Waals surface area contributed by atoms with Crippen molar-refractivity contribution >= 4 is 29.5 Å². The maximum atomic E-state index is 5.42. The van der Waals surface area contributed by atoms with Crippen LogP contribution in [0.1, 0.15) is 13.8 Å². The van der Waals surface area contributed by atoms with Gasteiger partial charge in [0.05, 0.1) is 0 Å². The van der Waals surface area contributed by atoms with E-state index in [0.717, 1.165) is 13.1 Å². The zero-order valence-electron chi connectivity index (χ0n) is 10.0. The number of hydrazine groups is 1. The highest BCUT2D eigenvalue weighted by molar-refractivity contribution is 8.06. The zero-order valence-corrected chi connectivity index (χ0v) is 11.7. The molecule has 1 aliphatic heterocycles. The van der Waals surface area contributed by atoms with Crippen molar-refractivity contribution in [3.05, 3.63) is 0 Å². The van der Waals surface area contributed by atoms with Crippen molar-refractivity contribution in [3.63, 3.8) is 0 Å². The fraction of sp³-hybridized carbons (Fsp3) is 0.900. The number of hydrogen-bond acceptors (Lipinski definition) is 4. The monoisotopic (exact) mass is 262 g/mol. The standard InChI is InChI=1S/C10H22N4S2/c1-8(2)5-12-10(14-11)13-6-9-7-15-3-4-16-9/h8-9H,3-7,11H2,1-2H3,(H2,12,13,14). The second-order valence-electron chi connectivity index (χ2n) is 4.18. The normalized spacial score (nSPS) is 22.2. The number of aliphatic imine (C=N–C) groups is 1. The summed E-state index contributed by atoms with van der Waals surface area (Å²) in [6.45, 7) is 6.04. The zero-order chi connectivity index (χ0) is 11.8. The van der Waals surface area contributed by atoms with Crippen LogP contribution in [0.25, 0.3) is 0 Å². The summed E-state index contributed by atoms with van der Waals surface area (Å²) in [4.78, 5) is 4.38. The molecular weight excluding hydrogens is 240 g/mol. The van der Waals surface area contributed by atoms with Crippen LogP contribution in [-0.4, -0.2) is 41.6 Å². The molecule has 0 bridgehead atoms. The van der Waals surface area contributed by atoms with E-state index in [0.29, 0.717) is 17.1 Å². The highest BCUT2D eigenvalue weighted by Gasteiger charge is 2.14. The highest BCUT2D eigenvalue weighted by Crippen LogP contribution is 2.23. The quantitative estimate of drug-likeness (QED) is 0.304. The van der Waals surface area contributed by atoms with Crippen molar-refractivity contribution in [2.45, 2.75) is 19.1 Å². The fourth-order valence-electron chi connectivity index (χ4n) is 1.29. The first kappa shape index (κ1) is 14.0. The van der Waals surface area contributed by atoms with E-state index in [1.54, 1.807) is 0 Å². The molecule has 1 atom stereocenters. The Bertz CT molecular complexity index is 215. The Kier molecular flexibility index (Phi) is 7.07. The summed E-state index contributed by atoms with van der Waals surface area (Å²) in [7, 11) is 0. The van der Waals surface area contributed by atoms with Crippen LogP contribution >= 0.6 is 23.5 Å². The molecule has 1 heterocycles. The molecule has 0 radical (unpaired) electrons. The first-order chi connectivity index (χ1) is 7.72. The summed E-state index contributed by atoms with van der Waals surface area (Å²) >= 11 is 4.06. The van der Waals surface area contributed by atoms with Gasteiger partial charge in [-0.15, -0.1) is 0 Å². The van der Waals surface area contributed by atoms with Gasteiger partial charge in [-0.1, -0.05) is 13.8 Å². The van der Waals surface area contributed by atoms with Gasteiger partial charge in [0.2, 0.25) is 5.96 Å². The van der Waals surface area contributed by atoms with Gasteiger partial charge in [0.1, 0.15) is 0 Å². The number of nitrogens with zero attached hydrogens (tertiary/aromatic N) is 1. The Labute approximate surface area is 107 Å². The van der Waals surface area contributed by atoms with Crippen LogP contribution in [0.3, 0.4) is 0 Å². The predicted molar refractivity (Wildman–Crippen MR) is 76.0 cm³/mol. The second-order valence-corrected chi connectivity index (χ2v) is 6.73. The van der Waals surface area contributed by atoms with Crippen molar-refractivity contribution in [1.82, 2.24) is 10.7 Å². The van der Waals surface area contributed by atoms with Crippen LogP contribution in [0.5, 0.6) is 0 Å². The minimum atomic E-state index is 0.560. The number of thioether (sulfide) groups is 2. The van der Waals surface area contributed by atoms with Gasteiger partial charge in [-0.3, -0.25) is 10.4 Å². The molecule has 1 fully saturated rings. The molecule has 0 spiro atoms. The third-order valence-electron chi connectivity index (χ3n) is 2.13. The molecule has 94 valence electrons. The smallest absolute Gasteiger partial charge is 0.205 e. The maximum Gasteiger partial charge on any atom is 0.205 e. The lowest BCUT2D eigenvalue weighted by Crippen LogP contribution is -2.45. The van der Waals surface area contributed by atoms with Crippen LogP contribution < -0.4 is 16.6 Å². The molecule has 0 aromatic rings. The summed E-state index contributed by atoms with van der Waals surface area (Å²) in [5.41, 5.74) is 2.62. The van der Waals surface area contributed by atoms with Gasteiger partial charge in [-0.25, -0.2) is 5.84 Å². The summed E-state index contributed by atoms with van der Waals surface area (Å²) in [6.07, 6.45) is 0. The summed E-state index contributed by atoms with van der Waals surface area (Å²) < 4.78 is 0. The Hall–Kier alpha value is -0.0700. The number of rotatable bonds is 4. The van der Waals surface area contributed by atoms with Gasteiger partial charge in [0, 0.05) is 35.6 Å². The van der Waals surface area contributed by atoms with E-state index in [-0.39, 0.29) is 0 Å². The Balaban J connectivity index is 2.24. The Morgan fingerprint density at radius 1 is 1.50 bits per heavy atom. The molecule has 1 rings (SSSR count). The lowest BCUT2D eigenvalue weighted by Gasteiger charge is -2.22. The average Bonchev–Trinajstić information content (AvgIpc) is 2.30. The van der Waals surface area contributed by atoms with E-state index in [9.17, 15) is 0 Å². The Morgan fingerprint density at radius 3 is 2.88 bits per heavy atom. The minimum absolute atomic E-state index is 0.560. The topological polar surface area (TPSA) is 62.4 Å². The van der Waals surface area contributed by atoms with Gasteiger partial charge in [-0.2, -0.15) is 23.5 Å². The van der Waals surface area contributed by atoms with E-state index >= 15 is 0 Å². The van der Waals surface area contributed by atoms with Crippen molar-refractivity contribution in [1.29, 1.82) is 0 Å². The van der Waals surface area contributed by atoms with Crippen molar-refractivity contribution < 1.29 is 0 Å². The average molecular weight is 262 g/mol. The summed E-state index contributed by atoms with van der Waals surface area (Å²) in [5.74, 6) is 10.5. The second kappa shape index (κ2) is 8.08. The number of guanidine groups is 1. The van der Waals surface area contributed by atoms with Crippen LogP contribution in [0.2, 0.25) is 0 Å². The van der Waals surface area contributed by atoms with Gasteiger partial charge >= 0.3 is 0 Å². The number of hydrogen-bond donors (Lipinski definition) is 3. The molecular formula is C10H22N4S2. The summed E-state index contributed by atoms with van der Waals surface area (Å²) in [5, 5.41) is 3.95. The van der Waals surface area contributed by atoms with Crippen LogP contribution in [-0.2, 0) is 0 Å². The van der Waals surface area contributed by atoms with Gasteiger partial charge in [0.15, 0.2) is 0 Å². The lowest BCUT2D eigenvalue weighted by atomic mass is 10.2. The third kappa shape index (κ3) is 5.86. The third-order valence-corrected chi connectivity index (χ3v) is 4.98. The molecule has 0 amide bonds. The van der Waals surface area contributed by atoms with E-state index in [1.165, 1.54) is 17.3 Å². The van der Waals surface area contributed by atoms with Crippen molar-refractivity contribution in [3.8, 4) is 0 Å². The SMILES string of the molecule is CC(C)CN=C(NN)NCC1CSCCS1. The van der Waals surface area contributed by atoms with Crippen molar-refractivity contribution in [2.75, 3.05) is 30.3 Å². The molecule has 0 saturated carbocycles. The molecule has 6 heteroatoms. The lowest BCUT2D eigenvalue weighted by molar-refractivity contribution is 0.656. The van der Waals surface area contributed by atoms with E-state index < -0.39 is 0 Å². The van der Waals surface area contributed by atoms with Gasteiger partial charge < -0.3 is 5.32 Å². The molecule has 1 saturated heterocycles. The first-order valence-electron chi connectivity index (χ1n) is 5.66. The molecule has 4 nitrogen and oxygen atoms in total. The largest absolute Gasteiger partial charge is 0.354 e. The number of nitrogens with two attached hydrogens (primary N) is 1. The van der Waals surface area contributed by atoms with E-state index in [4.69, 9.17) is 5.84 Å². The summed E-state index contributed by atoms with van der Waals surface area (Å²) in [6, 6.07) is 0. The molecule has 0 aromatic heterocycles.